The molecule has 4 rings (SSSR count). The summed E-state index contributed by atoms with van der Waals surface area (Å²) >= 11 is 0. The number of methoxy groups -OCH3 is 3. The molecule has 6 heteroatoms. The fraction of sp³-hybridized carbons (Fsp3) is 0.333. The summed E-state index contributed by atoms with van der Waals surface area (Å²) in [6.07, 6.45) is 1.26. The van der Waals surface area contributed by atoms with Crippen LogP contribution in [0.4, 0.5) is 0 Å². The predicted octanol–water partition coefficient (Wildman–Crippen LogP) is 3.72. The number of allylic oxidation sites excluding steroid dienone is 2. The Labute approximate surface area is 175 Å². The van der Waals surface area contributed by atoms with Gasteiger partial charge in [-0.15, -0.1) is 0 Å². The topological polar surface area (TPSA) is 73.9 Å². The van der Waals surface area contributed by atoms with Crippen molar-refractivity contribution in [3.05, 3.63) is 64.9 Å². The van der Waals surface area contributed by atoms with E-state index in [2.05, 4.69) is 5.32 Å². The van der Waals surface area contributed by atoms with Crippen molar-refractivity contribution in [2.75, 3.05) is 21.3 Å². The Bertz CT molecular complexity index is 1030. The molecule has 0 unspecified atom stereocenters. The van der Waals surface area contributed by atoms with E-state index in [9.17, 15) is 9.59 Å². The van der Waals surface area contributed by atoms with Crippen molar-refractivity contribution < 1.29 is 23.8 Å². The van der Waals surface area contributed by atoms with Gasteiger partial charge in [0.15, 0.2) is 17.3 Å². The fourth-order valence-electron chi connectivity index (χ4n) is 4.45. The van der Waals surface area contributed by atoms with Crippen molar-refractivity contribution in [2.24, 2.45) is 0 Å². The Hall–Kier alpha value is -3.28. The summed E-state index contributed by atoms with van der Waals surface area (Å²) in [5.41, 5.74) is 3.37. The van der Waals surface area contributed by atoms with Crippen LogP contribution in [-0.4, -0.2) is 33.0 Å². The van der Waals surface area contributed by atoms with Crippen molar-refractivity contribution >= 4 is 11.7 Å². The molecule has 1 heterocycles. The molecule has 0 saturated heterocycles. The second kappa shape index (κ2) is 8.22. The number of benzene rings is 2. The third-order valence-corrected chi connectivity index (χ3v) is 5.91. The quantitative estimate of drug-likeness (QED) is 0.818. The molecule has 0 bridgehead atoms. The minimum absolute atomic E-state index is 0.0274. The van der Waals surface area contributed by atoms with E-state index >= 15 is 0 Å². The van der Waals surface area contributed by atoms with Gasteiger partial charge in [-0.3, -0.25) is 9.59 Å². The lowest BCUT2D eigenvalue weighted by molar-refractivity contribution is -0.122. The Morgan fingerprint density at radius 1 is 0.833 bits per heavy atom. The maximum absolute atomic E-state index is 13.2. The van der Waals surface area contributed by atoms with E-state index in [0.29, 0.717) is 30.1 Å². The molecule has 1 N–H and O–H groups in total. The Balaban J connectivity index is 1.69. The van der Waals surface area contributed by atoms with Gasteiger partial charge in [-0.1, -0.05) is 18.2 Å². The monoisotopic (exact) mass is 407 g/mol. The minimum Gasteiger partial charge on any atom is -0.497 e. The summed E-state index contributed by atoms with van der Waals surface area (Å²) < 4.78 is 16.1. The van der Waals surface area contributed by atoms with Crippen LogP contribution < -0.4 is 19.5 Å². The molecule has 0 aromatic heterocycles. The number of ketones is 1. The molecule has 1 amide bonds. The molecule has 2 aromatic carbocycles. The lowest BCUT2D eigenvalue weighted by atomic mass is 9.73. The molecule has 2 atom stereocenters. The van der Waals surface area contributed by atoms with Gasteiger partial charge in [0.1, 0.15) is 5.75 Å². The van der Waals surface area contributed by atoms with Crippen molar-refractivity contribution in [3.63, 3.8) is 0 Å². The summed E-state index contributed by atoms with van der Waals surface area (Å²) in [6.45, 7) is 0. The maximum Gasteiger partial charge on any atom is 0.225 e. The van der Waals surface area contributed by atoms with E-state index in [-0.39, 0.29) is 29.9 Å². The van der Waals surface area contributed by atoms with Crippen molar-refractivity contribution in [2.45, 2.75) is 31.1 Å². The van der Waals surface area contributed by atoms with Gasteiger partial charge in [0, 0.05) is 30.0 Å². The summed E-state index contributed by atoms with van der Waals surface area (Å²) in [5.74, 6) is 1.72. The molecule has 0 fully saturated rings. The van der Waals surface area contributed by atoms with Crippen LogP contribution in [0, 0.1) is 0 Å². The highest BCUT2D eigenvalue weighted by Gasteiger charge is 2.38. The standard InChI is InChI=1S/C24H25NO5/c1-28-17-6-4-5-15(9-17)18-13-23(27)25-19-10-16(11-20(26)24(18)19)14-7-8-21(29-2)22(12-14)30-3/h4-9,12,16,18H,10-11,13H2,1-3H3,(H,25,27)/t16-,18-/m0/s1. The van der Waals surface area contributed by atoms with E-state index in [0.717, 1.165) is 22.4 Å². The highest BCUT2D eigenvalue weighted by Crippen LogP contribution is 2.44. The molecule has 156 valence electrons. The highest BCUT2D eigenvalue weighted by atomic mass is 16.5. The number of carbonyl (C=O) groups is 2. The summed E-state index contributed by atoms with van der Waals surface area (Å²) in [4.78, 5) is 25.7. The van der Waals surface area contributed by atoms with Crippen LogP contribution in [0.3, 0.4) is 0 Å². The second-order valence-corrected chi connectivity index (χ2v) is 7.62. The molecule has 0 spiro atoms. The normalized spacial score (nSPS) is 21.0. The van der Waals surface area contributed by atoms with Crippen molar-refractivity contribution in [3.8, 4) is 17.2 Å². The van der Waals surface area contributed by atoms with E-state index in [1.54, 1.807) is 21.3 Å². The van der Waals surface area contributed by atoms with E-state index < -0.39 is 0 Å². The number of rotatable bonds is 5. The van der Waals surface area contributed by atoms with Gasteiger partial charge >= 0.3 is 0 Å². The first kappa shape index (κ1) is 20.0. The Morgan fingerprint density at radius 3 is 2.37 bits per heavy atom. The molecular weight excluding hydrogens is 382 g/mol. The van der Waals surface area contributed by atoms with Crippen LogP contribution in [-0.2, 0) is 9.59 Å². The average molecular weight is 407 g/mol. The zero-order valence-corrected chi connectivity index (χ0v) is 17.4. The molecule has 30 heavy (non-hydrogen) atoms. The van der Waals surface area contributed by atoms with Crippen LogP contribution in [0.1, 0.15) is 42.2 Å². The van der Waals surface area contributed by atoms with Crippen molar-refractivity contribution in [1.82, 2.24) is 5.32 Å². The van der Waals surface area contributed by atoms with Crippen LogP contribution in [0.2, 0.25) is 0 Å². The maximum atomic E-state index is 13.2. The average Bonchev–Trinajstić information content (AvgIpc) is 2.77. The van der Waals surface area contributed by atoms with Gasteiger partial charge in [-0.2, -0.15) is 0 Å². The fourth-order valence-corrected chi connectivity index (χ4v) is 4.45. The van der Waals surface area contributed by atoms with Crippen LogP contribution in [0.5, 0.6) is 17.2 Å². The SMILES string of the molecule is COc1cccc([C@@H]2CC(=O)NC3=C2C(=O)C[C@@H](c2ccc(OC)c(OC)c2)C3)c1. The van der Waals surface area contributed by atoms with Crippen molar-refractivity contribution in [1.29, 1.82) is 0 Å². The number of amides is 1. The van der Waals surface area contributed by atoms with Gasteiger partial charge in [0.25, 0.3) is 0 Å². The molecule has 2 aliphatic rings. The smallest absolute Gasteiger partial charge is 0.225 e. The molecule has 6 nitrogen and oxygen atoms in total. The van der Waals surface area contributed by atoms with Gasteiger partial charge in [0.05, 0.1) is 21.3 Å². The molecule has 1 aliphatic carbocycles. The van der Waals surface area contributed by atoms with Gasteiger partial charge < -0.3 is 19.5 Å². The Kier molecular flexibility index (Phi) is 5.48. The molecular formula is C24H25NO5. The van der Waals surface area contributed by atoms with Gasteiger partial charge in [-0.05, 0) is 47.7 Å². The summed E-state index contributed by atoms with van der Waals surface area (Å²) in [7, 11) is 4.79. The number of hydrogen-bond acceptors (Lipinski definition) is 5. The second-order valence-electron chi connectivity index (χ2n) is 7.62. The first-order valence-corrected chi connectivity index (χ1v) is 9.96. The highest BCUT2D eigenvalue weighted by molar-refractivity contribution is 6.02. The number of ether oxygens (including phenoxy) is 3. The number of hydrogen-bond donors (Lipinski definition) is 1. The van der Waals surface area contributed by atoms with Crippen LogP contribution in [0.15, 0.2) is 53.7 Å². The number of nitrogens with one attached hydrogen (secondary N) is 1. The van der Waals surface area contributed by atoms with E-state index in [1.165, 1.54) is 0 Å². The first-order valence-electron chi connectivity index (χ1n) is 9.96. The molecule has 0 radical (unpaired) electrons. The summed E-state index contributed by atoms with van der Waals surface area (Å²) in [6, 6.07) is 13.3. The molecule has 0 saturated carbocycles. The lowest BCUT2D eigenvalue weighted by Gasteiger charge is -2.34. The minimum atomic E-state index is -0.247. The number of Topliss-reactive ketones (excluding diaryl/α,β-unsaturated/α-hetero) is 1. The van der Waals surface area contributed by atoms with Gasteiger partial charge in [0.2, 0.25) is 5.91 Å². The third kappa shape index (κ3) is 3.65. The van der Waals surface area contributed by atoms with E-state index in [1.807, 2.05) is 42.5 Å². The predicted molar refractivity (Wildman–Crippen MR) is 112 cm³/mol. The van der Waals surface area contributed by atoms with E-state index in [4.69, 9.17) is 14.2 Å². The molecule has 2 aromatic rings. The zero-order chi connectivity index (χ0) is 21.3. The lowest BCUT2D eigenvalue weighted by Crippen LogP contribution is -2.38. The third-order valence-electron chi connectivity index (χ3n) is 5.91. The number of carbonyl (C=O) groups excluding carboxylic acids is 2. The summed E-state index contributed by atoms with van der Waals surface area (Å²) in [5, 5.41) is 2.96. The largest absolute Gasteiger partial charge is 0.497 e. The Morgan fingerprint density at radius 2 is 1.63 bits per heavy atom. The first-order chi connectivity index (χ1) is 14.5. The van der Waals surface area contributed by atoms with Gasteiger partial charge in [-0.25, -0.2) is 0 Å². The van der Waals surface area contributed by atoms with Crippen LogP contribution in [0.25, 0.3) is 0 Å². The van der Waals surface area contributed by atoms with Crippen LogP contribution >= 0.6 is 0 Å². The molecule has 1 aliphatic heterocycles. The zero-order valence-electron chi connectivity index (χ0n) is 17.4.